The molecule has 0 atom stereocenters. The molecule has 1 aliphatic heterocycles. The summed E-state index contributed by atoms with van der Waals surface area (Å²) in [6.07, 6.45) is 10.5. The monoisotopic (exact) mass is 239 g/mol. The normalized spacial score (nSPS) is 22.1. The molecular weight excluding hydrogens is 214 g/mol. The molecule has 4 heteroatoms. The Hall–Kier alpha value is -0.600. The van der Waals surface area contributed by atoms with Gasteiger partial charge in [-0.15, -0.1) is 17.4 Å². The fourth-order valence-electron chi connectivity index (χ4n) is 1.71. The summed E-state index contributed by atoms with van der Waals surface area (Å²) in [6.45, 7) is 1.69. The molecule has 1 rings (SSSR count). The molecule has 0 saturated carbocycles. The van der Waals surface area contributed by atoms with Crippen molar-refractivity contribution in [1.29, 1.82) is 0 Å². The van der Waals surface area contributed by atoms with Crippen molar-refractivity contribution >= 4 is 0 Å². The molecule has 0 saturated heterocycles. The Labute approximate surface area is 105 Å². The fourth-order valence-corrected chi connectivity index (χ4v) is 1.71. The maximum absolute atomic E-state index is 5.21. The summed E-state index contributed by atoms with van der Waals surface area (Å²) in [5.41, 5.74) is 8.56. The van der Waals surface area contributed by atoms with Crippen molar-refractivity contribution in [3.8, 4) is 11.8 Å². The molecule has 17 heavy (non-hydrogen) atoms. The Kier molecular flexibility index (Phi) is 10.1. The fraction of sp³-hybridized carbons (Fsp3) is 0.846. The summed E-state index contributed by atoms with van der Waals surface area (Å²) in [4.78, 5) is 5.21. The molecule has 0 aromatic rings. The van der Waals surface area contributed by atoms with Gasteiger partial charge in [0.1, 0.15) is 0 Å². The Morgan fingerprint density at radius 3 is 2.35 bits per heavy atom. The molecule has 0 aliphatic carbocycles. The molecule has 3 N–H and O–H groups in total. The standard InChI is InChI=1S/C13H25N3O/c1-2-4-6-8-10-12-14-15-16-17-13-11-9-7-5-3-1/h14-16H,1,3,5-13H2. The van der Waals surface area contributed by atoms with Crippen LogP contribution in [0.1, 0.15) is 57.8 Å². The Morgan fingerprint density at radius 1 is 0.765 bits per heavy atom. The van der Waals surface area contributed by atoms with Crippen LogP contribution in [-0.2, 0) is 4.84 Å². The zero-order valence-electron chi connectivity index (χ0n) is 10.7. The second kappa shape index (κ2) is 11.9. The highest BCUT2D eigenvalue weighted by Crippen LogP contribution is 2.04. The van der Waals surface area contributed by atoms with Crippen LogP contribution in [0.3, 0.4) is 0 Å². The van der Waals surface area contributed by atoms with Crippen LogP contribution in [-0.4, -0.2) is 13.2 Å². The first-order valence-electron chi connectivity index (χ1n) is 6.80. The largest absolute Gasteiger partial charge is 0.286 e. The lowest BCUT2D eigenvalue weighted by atomic mass is 10.1. The Balaban J connectivity index is 2.09. The van der Waals surface area contributed by atoms with Gasteiger partial charge in [0.25, 0.3) is 0 Å². The lowest BCUT2D eigenvalue weighted by Crippen LogP contribution is -2.43. The summed E-state index contributed by atoms with van der Waals surface area (Å²) in [5, 5.41) is 0. The Bertz CT molecular complexity index is 202. The van der Waals surface area contributed by atoms with Crippen LogP contribution < -0.4 is 16.5 Å². The van der Waals surface area contributed by atoms with Crippen molar-refractivity contribution in [3.63, 3.8) is 0 Å². The van der Waals surface area contributed by atoms with Crippen molar-refractivity contribution in [2.75, 3.05) is 13.2 Å². The van der Waals surface area contributed by atoms with E-state index in [9.17, 15) is 0 Å². The van der Waals surface area contributed by atoms with E-state index in [2.05, 4.69) is 28.4 Å². The third-order valence-corrected chi connectivity index (χ3v) is 2.74. The van der Waals surface area contributed by atoms with E-state index < -0.39 is 0 Å². The van der Waals surface area contributed by atoms with Crippen LogP contribution in [0.25, 0.3) is 0 Å². The summed E-state index contributed by atoms with van der Waals surface area (Å²) >= 11 is 0. The highest BCUT2D eigenvalue weighted by molar-refractivity contribution is 4.98. The molecule has 98 valence electrons. The lowest BCUT2D eigenvalue weighted by Gasteiger charge is -2.08. The minimum Gasteiger partial charge on any atom is -0.286 e. The van der Waals surface area contributed by atoms with E-state index in [1.807, 2.05) is 0 Å². The maximum Gasteiger partial charge on any atom is 0.0699 e. The van der Waals surface area contributed by atoms with Gasteiger partial charge in [-0.25, -0.2) is 5.43 Å². The van der Waals surface area contributed by atoms with Gasteiger partial charge in [0.05, 0.1) is 6.61 Å². The van der Waals surface area contributed by atoms with Gasteiger partial charge in [-0.05, 0) is 25.7 Å². The second-order valence-corrected chi connectivity index (χ2v) is 4.33. The minimum absolute atomic E-state index is 0.758. The molecule has 1 aliphatic rings. The average molecular weight is 239 g/mol. The molecule has 0 spiro atoms. The minimum atomic E-state index is 0.758. The maximum atomic E-state index is 5.21. The van der Waals surface area contributed by atoms with Gasteiger partial charge in [0, 0.05) is 19.4 Å². The molecule has 0 aromatic carbocycles. The molecular formula is C13H25N3O. The molecule has 0 bridgehead atoms. The third-order valence-electron chi connectivity index (χ3n) is 2.74. The molecule has 0 radical (unpaired) electrons. The van der Waals surface area contributed by atoms with Crippen LogP contribution in [0.4, 0.5) is 0 Å². The van der Waals surface area contributed by atoms with Gasteiger partial charge in [0.2, 0.25) is 0 Å². The van der Waals surface area contributed by atoms with Crippen LogP contribution in [0, 0.1) is 11.8 Å². The third kappa shape index (κ3) is 10.3. The highest BCUT2D eigenvalue weighted by Gasteiger charge is 1.92. The summed E-state index contributed by atoms with van der Waals surface area (Å²) in [5.74, 6) is 6.50. The van der Waals surface area contributed by atoms with E-state index in [0.717, 1.165) is 45.3 Å². The summed E-state index contributed by atoms with van der Waals surface area (Å²) in [7, 11) is 0. The van der Waals surface area contributed by atoms with E-state index in [4.69, 9.17) is 4.84 Å². The molecule has 1 heterocycles. The lowest BCUT2D eigenvalue weighted by molar-refractivity contribution is -0.00213. The quantitative estimate of drug-likeness (QED) is 0.566. The smallest absolute Gasteiger partial charge is 0.0699 e. The van der Waals surface area contributed by atoms with Gasteiger partial charge in [-0.1, -0.05) is 19.3 Å². The van der Waals surface area contributed by atoms with E-state index in [-0.39, 0.29) is 0 Å². The van der Waals surface area contributed by atoms with Gasteiger partial charge in [-0.2, -0.15) is 5.53 Å². The second-order valence-electron chi connectivity index (χ2n) is 4.33. The van der Waals surface area contributed by atoms with Crippen molar-refractivity contribution in [2.45, 2.75) is 57.8 Å². The van der Waals surface area contributed by atoms with E-state index in [0.29, 0.717) is 0 Å². The predicted molar refractivity (Wildman–Crippen MR) is 69.6 cm³/mol. The summed E-state index contributed by atoms with van der Waals surface area (Å²) in [6, 6.07) is 0. The first-order chi connectivity index (χ1) is 8.50. The van der Waals surface area contributed by atoms with Crippen LogP contribution in [0.5, 0.6) is 0 Å². The number of hydrazine groups is 2. The van der Waals surface area contributed by atoms with Gasteiger partial charge >= 0.3 is 0 Å². The van der Waals surface area contributed by atoms with Gasteiger partial charge < -0.3 is 0 Å². The van der Waals surface area contributed by atoms with Gasteiger partial charge in [0.15, 0.2) is 0 Å². The first-order valence-corrected chi connectivity index (χ1v) is 6.80. The highest BCUT2D eigenvalue weighted by atomic mass is 16.7. The average Bonchev–Trinajstić information content (AvgIpc) is 2.35. The van der Waals surface area contributed by atoms with E-state index in [1.54, 1.807) is 0 Å². The number of rotatable bonds is 0. The molecule has 0 fully saturated rings. The first kappa shape index (κ1) is 14.5. The van der Waals surface area contributed by atoms with E-state index in [1.165, 1.54) is 25.7 Å². The summed E-state index contributed by atoms with van der Waals surface area (Å²) < 4.78 is 0. The number of hydrogen-bond donors (Lipinski definition) is 3. The Morgan fingerprint density at radius 2 is 1.47 bits per heavy atom. The SMILES string of the molecule is C1#CCCCCNNNOCCCCCCC1. The topological polar surface area (TPSA) is 45.3 Å². The predicted octanol–water partition coefficient (Wildman–Crippen LogP) is 2.04. The van der Waals surface area contributed by atoms with Crippen molar-refractivity contribution in [1.82, 2.24) is 16.5 Å². The van der Waals surface area contributed by atoms with Crippen molar-refractivity contribution < 1.29 is 4.84 Å². The van der Waals surface area contributed by atoms with Crippen LogP contribution >= 0.6 is 0 Å². The van der Waals surface area contributed by atoms with Crippen molar-refractivity contribution in [2.24, 2.45) is 0 Å². The van der Waals surface area contributed by atoms with E-state index >= 15 is 0 Å². The molecule has 0 aromatic heterocycles. The molecule has 0 amide bonds. The number of nitrogens with one attached hydrogen (secondary N) is 3. The molecule has 0 unspecified atom stereocenters. The van der Waals surface area contributed by atoms with Gasteiger partial charge in [-0.3, -0.25) is 4.84 Å². The van der Waals surface area contributed by atoms with Crippen LogP contribution in [0.15, 0.2) is 0 Å². The number of hydrogen-bond acceptors (Lipinski definition) is 4. The van der Waals surface area contributed by atoms with Crippen LogP contribution in [0.2, 0.25) is 0 Å². The molecule has 4 nitrogen and oxygen atoms in total. The van der Waals surface area contributed by atoms with Crippen molar-refractivity contribution in [3.05, 3.63) is 0 Å². The zero-order valence-corrected chi connectivity index (χ0v) is 10.7. The zero-order chi connectivity index (χ0) is 12.0.